The third-order valence-corrected chi connectivity index (χ3v) is 3.37. The number of aromatic nitrogens is 4. The van der Waals surface area contributed by atoms with E-state index in [1.54, 1.807) is 12.1 Å². The van der Waals surface area contributed by atoms with Crippen LogP contribution in [0.4, 0.5) is 0 Å². The number of aryl methyl sites for hydroxylation is 2. The van der Waals surface area contributed by atoms with Crippen LogP contribution < -0.4 is 5.32 Å². The minimum atomic E-state index is -0.218. The third-order valence-electron chi connectivity index (χ3n) is 3.37. The van der Waals surface area contributed by atoms with Crippen LogP contribution in [0.15, 0.2) is 29.0 Å². The van der Waals surface area contributed by atoms with Crippen molar-refractivity contribution in [2.24, 2.45) is 0 Å². The Labute approximate surface area is 121 Å². The van der Waals surface area contributed by atoms with Crippen LogP contribution in [0.1, 0.15) is 23.2 Å². The van der Waals surface area contributed by atoms with Gasteiger partial charge in [0, 0.05) is 13.1 Å². The molecule has 0 fully saturated rings. The van der Waals surface area contributed by atoms with E-state index >= 15 is 0 Å². The first-order valence-electron chi connectivity index (χ1n) is 6.91. The maximum Gasteiger partial charge on any atom is 0.287 e. The largest absolute Gasteiger partial charge is 0.459 e. The van der Waals surface area contributed by atoms with Gasteiger partial charge in [-0.2, -0.15) is 10.2 Å². The van der Waals surface area contributed by atoms with Crippen LogP contribution in [-0.4, -0.2) is 32.0 Å². The molecule has 0 saturated heterocycles. The lowest BCUT2D eigenvalue weighted by molar-refractivity contribution is 0.0924. The van der Waals surface area contributed by atoms with E-state index in [0.717, 1.165) is 23.3 Å². The summed E-state index contributed by atoms with van der Waals surface area (Å²) in [6.07, 6.45) is 3.29. The van der Waals surface area contributed by atoms with Gasteiger partial charge in [0.15, 0.2) is 5.76 Å². The summed E-state index contributed by atoms with van der Waals surface area (Å²) in [6.45, 7) is 5.89. The normalized spacial score (nSPS) is 11.1. The van der Waals surface area contributed by atoms with Crippen molar-refractivity contribution in [1.82, 2.24) is 24.9 Å². The highest BCUT2D eigenvalue weighted by molar-refractivity contribution is 5.91. The summed E-state index contributed by atoms with van der Waals surface area (Å²) in [5, 5.41) is 11.6. The van der Waals surface area contributed by atoms with Crippen LogP contribution in [0.5, 0.6) is 0 Å². The van der Waals surface area contributed by atoms with Gasteiger partial charge in [-0.25, -0.2) is 0 Å². The van der Waals surface area contributed by atoms with Crippen molar-refractivity contribution in [1.29, 1.82) is 0 Å². The minimum absolute atomic E-state index is 0.218. The minimum Gasteiger partial charge on any atom is -0.459 e. The lowest BCUT2D eigenvalue weighted by Gasteiger charge is -2.04. The van der Waals surface area contributed by atoms with E-state index in [1.807, 2.05) is 29.4 Å². The van der Waals surface area contributed by atoms with Crippen LogP contribution in [0, 0.1) is 6.92 Å². The molecule has 0 atom stereocenters. The number of hydrogen-bond acceptors (Lipinski definition) is 4. The van der Waals surface area contributed by atoms with Crippen molar-refractivity contribution in [3.63, 3.8) is 0 Å². The van der Waals surface area contributed by atoms with E-state index in [1.165, 1.54) is 6.26 Å². The van der Waals surface area contributed by atoms with Crippen molar-refractivity contribution in [3.05, 3.63) is 36.0 Å². The van der Waals surface area contributed by atoms with Crippen LogP contribution in [0.2, 0.25) is 0 Å². The molecular weight excluding hydrogens is 270 g/mol. The summed E-state index contributed by atoms with van der Waals surface area (Å²) in [5.41, 5.74) is 2.98. The third kappa shape index (κ3) is 2.42. The zero-order valence-corrected chi connectivity index (χ0v) is 12.0. The Balaban J connectivity index is 1.68. The number of nitrogens with one attached hydrogen (secondary N) is 1. The van der Waals surface area contributed by atoms with Crippen molar-refractivity contribution in [2.75, 3.05) is 6.54 Å². The Morgan fingerprint density at radius 2 is 2.29 bits per heavy atom. The van der Waals surface area contributed by atoms with Gasteiger partial charge in [-0.1, -0.05) is 0 Å². The van der Waals surface area contributed by atoms with Gasteiger partial charge >= 0.3 is 0 Å². The molecule has 0 aliphatic heterocycles. The summed E-state index contributed by atoms with van der Waals surface area (Å²) in [5.74, 6) is 0.0972. The average molecular weight is 287 g/mol. The van der Waals surface area contributed by atoms with E-state index < -0.39 is 0 Å². The number of rotatable bonds is 5. The number of fused-ring (bicyclic) bond motifs is 1. The quantitative estimate of drug-likeness (QED) is 0.773. The van der Waals surface area contributed by atoms with Crippen molar-refractivity contribution in [3.8, 4) is 0 Å². The topological polar surface area (TPSA) is 77.9 Å². The van der Waals surface area contributed by atoms with Gasteiger partial charge in [0.25, 0.3) is 5.91 Å². The molecule has 110 valence electrons. The monoisotopic (exact) mass is 287 g/mol. The van der Waals surface area contributed by atoms with E-state index in [0.29, 0.717) is 18.8 Å². The zero-order chi connectivity index (χ0) is 14.8. The van der Waals surface area contributed by atoms with Gasteiger partial charge in [-0.05, 0) is 26.0 Å². The molecule has 0 aromatic carbocycles. The molecule has 0 bridgehead atoms. The van der Waals surface area contributed by atoms with Crippen LogP contribution in [0.25, 0.3) is 11.0 Å². The number of carbonyl (C=O) groups is 1. The van der Waals surface area contributed by atoms with Crippen LogP contribution in [-0.2, 0) is 13.1 Å². The van der Waals surface area contributed by atoms with Gasteiger partial charge < -0.3 is 9.73 Å². The molecule has 7 nitrogen and oxygen atoms in total. The Morgan fingerprint density at radius 3 is 3.00 bits per heavy atom. The Morgan fingerprint density at radius 1 is 1.43 bits per heavy atom. The Bertz CT molecular complexity index is 754. The van der Waals surface area contributed by atoms with Crippen LogP contribution >= 0.6 is 0 Å². The molecule has 0 aliphatic rings. The highest BCUT2D eigenvalue weighted by atomic mass is 16.3. The first-order chi connectivity index (χ1) is 10.2. The number of nitrogens with zero attached hydrogens (tertiary/aromatic N) is 4. The Kier molecular flexibility index (Phi) is 3.47. The molecule has 7 heteroatoms. The number of amides is 1. The smallest absolute Gasteiger partial charge is 0.287 e. The number of furan rings is 1. The van der Waals surface area contributed by atoms with Gasteiger partial charge in [0.05, 0.1) is 24.7 Å². The SMILES string of the molecule is CCn1nc(C)c2c1cnn2CCNC(=O)c1ccco1. The fourth-order valence-electron chi connectivity index (χ4n) is 2.40. The van der Waals surface area contributed by atoms with Crippen molar-refractivity contribution >= 4 is 16.9 Å². The molecule has 3 aromatic heterocycles. The van der Waals surface area contributed by atoms with Crippen LogP contribution in [0.3, 0.4) is 0 Å². The summed E-state index contributed by atoms with van der Waals surface area (Å²) in [6, 6.07) is 3.32. The predicted octanol–water partition coefficient (Wildman–Crippen LogP) is 1.58. The molecule has 0 saturated carbocycles. The van der Waals surface area contributed by atoms with Crippen molar-refractivity contribution < 1.29 is 9.21 Å². The molecule has 3 aromatic rings. The van der Waals surface area contributed by atoms with Gasteiger partial charge in [-0.15, -0.1) is 0 Å². The van der Waals surface area contributed by atoms with Gasteiger partial charge in [0.2, 0.25) is 0 Å². The van der Waals surface area contributed by atoms with Gasteiger partial charge in [-0.3, -0.25) is 14.2 Å². The molecule has 0 aliphatic carbocycles. The summed E-state index contributed by atoms with van der Waals surface area (Å²) in [4.78, 5) is 11.8. The second-order valence-electron chi connectivity index (χ2n) is 4.74. The second-order valence-corrected chi connectivity index (χ2v) is 4.74. The molecule has 3 heterocycles. The van der Waals surface area contributed by atoms with Gasteiger partial charge in [0.1, 0.15) is 11.0 Å². The Hall–Kier alpha value is -2.57. The zero-order valence-electron chi connectivity index (χ0n) is 12.0. The lowest BCUT2D eigenvalue weighted by Crippen LogP contribution is -2.27. The van der Waals surface area contributed by atoms with Crippen molar-refractivity contribution in [2.45, 2.75) is 26.9 Å². The van der Waals surface area contributed by atoms with E-state index in [4.69, 9.17) is 4.42 Å². The molecule has 0 spiro atoms. The molecular formula is C14H17N5O2. The second kappa shape index (κ2) is 5.43. The fourth-order valence-corrected chi connectivity index (χ4v) is 2.40. The molecule has 0 radical (unpaired) electrons. The van der Waals surface area contributed by atoms with E-state index in [9.17, 15) is 4.79 Å². The highest BCUT2D eigenvalue weighted by Gasteiger charge is 2.13. The highest BCUT2D eigenvalue weighted by Crippen LogP contribution is 2.17. The lowest BCUT2D eigenvalue weighted by atomic mass is 10.4. The number of hydrogen-bond donors (Lipinski definition) is 1. The molecule has 1 amide bonds. The summed E-state index contributed by atoms with van der Waals surface area (Å²) in [7, 11) is 0. The maximum absolute atomic E-state index is 11.8. The standard InChI is InChI=1S/C14H17N5O2/c1-3-18-11-9-16-19(13(11)10(2)17-18)7-6-15-14(20)12-5-4-8-21-12/h4-5,8-9H,3,6-7H2,1-2H3,(H,15,20). The summed E-state index contributed by atoms with van der Waals surface area (Å²) < 4.78 is 8.84. The molecule has 21 heavy (non-hydrogen) atoms. The summed E-state index contributed by atoms with van der Waals surface area (Å²) >= 11 is 0. The first kappa shape index (κ1) is 13.4. The molecule has 0 unspecified atom stereocenters. The fraction of sp³-hybridized carbons (Fsp3) is 0.357. The maximum atomic E-state index is 11.8. The molecule has 1 N–H and O–H groups in total. The van der Waals surface area contributed by atoms with E-state index in [-0.39, 0.29) is 5.91 Å². The first-order valence-corrected chi connectivity index (χ1v) is 6.91. The van der Waals surface area contributed by atoms with E-state index in [2.05, 4.69) is 15.5 Å². The number of carbonyl (C=O) groups excluding carboxylic acids is 1. The average Bonchev–Trinajstić information content (AvgIpc) is 3.18. The molecule has 3 rings (SSSR count). The predicted molar refractivity (Wildman–Crippen MR) is 77.0 cm³/mol.